The van der Waals surface area contributed by atoms with Crippen molar-refractivity contribution in [2.24, 2.45) is 0 Å². The van der Waals surface area contributed by atoms with E-state index in [1.165, 1.54) is 0 Å². The minimum absolute atomic E-state index is 0.0402. The molecule has 0 heterocycles. The Kier molecular flexibility index (Phi) is 9.11. The summed E-state index contributed by atoms with van der Waals surface area (Å²) in [5.74, 6) is 0.290. The van der Waals surface area contributed by atoms with E-state index in [0.717, 1.165) is 19.3 Å². The molecule has 7 heteroatoms. The summed E-state index contributed by atoms with van der Waals surface area (Å²) in [4.78, 5) is 24.2. The van der Waals surface area contributed by atoms with Crippen molar-refractivity contribution < 1.29 is 14.3 Å². The molecule has 3 N–H and O–H groups in total. The van der Waals surface area contributed by atoms with Gasteiger partial charge in [0, 0.05) is 23.4 Å². The number of thiocarbonyl (C=S) groups is 1. The fourth-order valence-electron chi connectivity index (χ4n) is 2.52. The molecule has 2 rings (SSSR count). The molecular weight excluding hydrogens is 386 g/mol. The van der Waals surface area contributed by atoms with Crippen molar-refractivity contribution >= 4 is 40.5 Å². The number of hydrogen-bond donors (Lipinski definition) is 3. The van der Waals surface area contributed by atoms with Crippen LogP contribution in [0.5, 0.6) is 5.75 Å². The number of carbonyl (C=O) groups excluding carboxylic acids is 2. The van der Waals surface area contributed by atoms with Crippen LogP contribution in [-0.2, 0) is 4.79 Å². The van der Waals surface area contributed by atoms with Gasteiger partial charge >= 0.3 is 0 Å². The summed E-state index contributed by atoms with van der Waals surface area (Å²) in [6.45, 7) is 4.66. The minimum atomic E-state index is -0.323. The van der Waals surface area contributed by atoms with Gasteiger partial charge in [-0.15, -0.1) is 0 Å². The lowest BCUT2D eigenvalue weighted by Gasteiger charge is -2.12. The number of carbonyl (C=O) groups is 2. The van der Waals surface area contributed by atoms with E-state index in [4.69, 9.17) is 17.0 Å². The van der Waals surface area contributed by atoms with Crippen molar-refractivity contribution in [3.63, 3.8) is 0 Å². The van der Waals surface area contributed by atoms with Gasteiger partial charge in [0.2, 0.25) is 5.91 Å². The average molecular weight is 414 g/mol. The summed E-state index contributed by atoms with van der Waals surface area (Å²) in [7, 11) is 0. The zero-order valence-electron chi connectivity index (χ0n) is 16.8. The summed E-state index contributed by atoms with van der Waals surface area (Å²) >= 11 is 5.24. The maximum absolute atomic E-state index is 12.5. The second kappa shape index (κ2) is 11.8. The van der Waals surface area contributed by atoms with Gasteiger partial charge in [0.05, 0.1) is 6.61 Å². The van der Waals surface area contributed by atoms with E-state index in [1.54, 1.807) is 42.5 Å². The molecule has 0 radical (unpaired) electrons. The third-order valence-corrected chi connectivity index (χ3v) is 4.18. The van der Waals surface area contributed by atoms with Crippen molar-refractivity contribution in [1.29, 1.82) is 0 Å². The first-order chi connectivity index (χ1) is 14.0. The molecule has 2 aromatic carbocycles. The van der Waals surface area contributed by atoms with Crippen LogP contribution in [0.2, 0.25) is 0 Å². The third-order valence-electron chi connectivity index (χ3n) is 3.97. The number of rotatable bonds is 9. The lowest BCUT2D eigenvalue weighted by atomic mass is 10.2. The SMILES string of the molecule is CCCCOc1cccc(C(=O)NC(=S)Nc2cccc(NC(=O)CCC)c2)c1. The van der Waals surface area contributed by atoms with E-state index in [9.17, 15) is 9.59 Å². The topological polar surface area (TPSA) is 79.5 Å². The van der Waals surface area contributed by atoms with E-state index in [1.807, 2.05) is 13.0 Å². The molecule has 2 amide bonds. The average Bonchev–Trinajstić information content (AvgIpc) is 2.68. The zero-order valence-corrected chi connectivity index (χ0v) is 17.6. The minimum Gasteiger partial charge on any atom is -0.494 e. The summed E-state index contributed by atoms with van der Waals surface area (Å²) in [5, 5.41) is 8.62. The van der Waals surface area contributed by atoms with Crippen LogP contribution in [0.1, 0.15) is 49.9 Å². The highest BCUT2D eigenvalue weighted by molar-refractivity contribution is 7.80. The fourth-order valence-corrected chi connectivity index (χ4v) is 2.73. The predicted octanol–water partition coefficient (Wildman–Crippen LogP) is 4.73. The molecule has 0 bridgehead atoms. The first kappa shape index (κ1) is 22.4. The van der Waals surface area contributed by atoms with Crippen LogP contribution in [0.25, 0.3) is 0 Å². The van der Waals surface area contributed by atoms with Crippen molar-refractivity contribution in [1.82, 2.24) is 5.32 Å². The first-order valence-corrected chi connectivity index (χ1v) is 10.2. The Hall–Kier alpha value is -2.93. The monoisotopic (exact) mass is 413 g/mol. The van der Waals surface area contributed by atoms with Crippen molar-refractivity contribution in [2.75, 3.05) is 17.2 Å². The first-order valence-electron chi connectivity index (χ1n) is 9.77. The van der Waals surface area contributed by atoms with Crippen molar-refractivity contribution in [2.45, 2.75) is 39.5 Å². The highest BCUT2D eigenvalue weighted by Gasteiger charge is 2.10. The highest BCUT2D eigenvalue weighted by Crippen LogP contribution is 2.16. The molecule has 0 aromatic heterocycles. The standard InChI is InChI=1S/C22H27N3O3S/c1-3-5-13-28-19-12-6-9-16(14-19)21(27)25-22(29)24-18-11-7-10-17(15-18)23-20(26)8-4-2/h6-7,9-12,14-15H,3-5,8,13H2,1-2H3,(H,23,26)(H2,24,25,27,29). The largest absolute Gasteiger partial charge is 0.494 e. The number of hydrogen-bond acceptors (Lipinski definition) is 4. The van der Waals surface area contributed by atoms with Crippen LogP contribution in [0, 0.1) is 0 Å². The van der Waals surface area contributed by atoms with Gasteiger partial charge in [-0.05, 0) is 61.5 Å². The molecule has 0 saturated carbocycles. The van der Waals surface area contributed by atoms with Gasteiger partial charge in [-0.2, -0.15) is 0 Å². The van der Waals surface area contributed by atoms with Crippen molar-refractivity contribution in [3.8, 4) is 5.75 Å². The fraction of sp³-hybridized carbons (Fsp3) is 0.318. The summed E-state index contributed by atoms with van der Waals surface area (Å²) < 4.78 is 5.64. The van der Waals surface area contributed by atoms with E-state index in [-0.39, 0.29) is 16.9 Å². The molecule has 0 unspecified atom stereocenters. The maximum Gasteiger partial charge on any atom is 0.257 e. The molecule has 6 nitrogen and oxygen atoms in total. The number of benzene rings is 2. The smallest absolute Gasteiger partial charge is 0.257 e. The van der Waals surface area contributed by atoms with E-state index >= 15 is 0 Å². The van der Waals surface area contributed by atoms with Crippen LogP contribution in [-0.4, -0.2) is 23.5 Å². The summed E-state index contributed by atoms with van der Waals surface area (Å²) in [6.07, 6.45) is 3.25. The van der Waals surface area contributed by atoms with E-state index in [0.29, 0.717) is 35.7 Å². The molecule has 0 aliphatic rings. The Morgan fingerprint density at radius 2 is 1.69 bits per heavy atom. The lowest BCUT2D eigenvalue weighted by Crippen LogP contribution is -2.34. The van der Waals surface area contributed by atoms with Crippen LogP contribution >= 0.6 is 12.2 Å². The molecule has 0 aliphatic heterocycles. The van der Waals surface area contributed by atoms with E-state index < -0.39 is 0 Å². The number of ether oxygens (including phenoxy) is 1. The number of amides is 2. The Balaban J connectivity index is 1.92. The van der Waals surface area contributed by atoms with Gasteiger partial charge in [0.15, 0.2) is 5.11 Å². The second-order valence-electron chi connectivity index (χ2n) is 6.52. The van der Waals surface area contributed by atoms with Gasteiger partial charge in [0.25, 0.3) is 5.91 Å². The molecule has 0 aliphatic carbocycles. The lowest BCUT2D eigenvalue weighted by molar-refractivity contribution is -0.116. The number of anilines is 2. The molecule has 0 atom stereocenters. The van der Waals surface area contributed by atoms with Crippen molar-refractivity contribution in [3.05, 3.63) is 54.1 Å². The summed E-state index contributed by atoms with van der Waals surface area (Å²) in [5.41, 5.74) is 1.80. The highest BCUT2D eigenvalue weighted by atomic mass is 32.1. The predicted molar refractivity (Wildman–Crippen MR) is 121 cm³/mol. The molecule has 0 saturated heterocycles. The van der Waals surface area contributed by atoms with Crippen LogP contribution < -0.4 is 20.7 Å². The van der Waals surface area contributed by atoms with Gasteiger partial charge in [-0.1, -0.05) is 32.4 Å². The number of nitrogens with one attached hydrogen (secondary N) is 3. The Morgan fingerprint density at radius 3 is 2.41 bits per heavy atom. The zero-order chi connectivity index (χ0) is 21.1. The van der Waals surface area contributed by atoms with Crippen LogP contribution in [0.15, 0.2) is 48.5 Å². The molecule has 154 valence electrons. The summed E-state index contributed by atoms with van der Waals surface area (Å²) in [6, 6.07) is 14.1. The Bertz CT molecular complexity index is 855. The molecular formula is C22H27N3O3S. The third kappa shape index (κ3) is 7.91. The van der Waals surface area contributed by atoms with Gasteiger partial charge < -0.3 is 15.4 Å². The molecule has 2 aromatic rings. The Morgan fingerprint density at radius 1 is 0.966 bits per heavy atom. The molecule has 0 fully saturated rings. The Labute approximate surface area is 177 Å². The normalized spacial score (nSPS) is 10.1. The maximum atomic E-state index is 12.5. The quantitative estimate of drug-likeness (QED) is 0.409. The second-order valence-corrected chi connectivity index (χ2v) is 6.93. The molecule has 0 spiro atoms. The van der Waals surface area contributed by atoms with Crippen LogP contribution in [0.3, 0.4) is 0 Å². The van der Waals surface area contributed by atoms with Crippen LogP contribution in [0.4, 0.5) is 11.4 Å². The van der Waals surface area contributed by atoms with Gasteiger partial charge in [-0.3, -0.25) is 14.9 Å². The number of unbranched alkanes of at least 4 members (excludes halogenated alkanes) is 1. The van der Waals surface area contributed by atoms with Gasteiger partial charge in [0.1, 0.15) is 5.75 Å². The van der Waals surface area contributed by atoms with Gasteiger partial charge in [-0.25, -0.2) is 0 Å². The van der Waals surface area contributed by atoms with E-state index in [2.05, 4.69) is 22.9 Å². The molecule has 29 heavy (non-hydrogen) atoms.